The molecule has 1 fully saturated rings. The molecular formula is C19H21ClN2O5S. The summed E-state index contributed by atoms with van der Waals surface area (Å²) in [4.78, 5) is 12.7. The van der Waals surface area contributed by atoms with E-state index in [0.29, 0.717) is 23.6 Å². The van der Waals surface area contributed by atoms with Gasteiger partial charge < -0.3 is 15.2 Å². The van der Waals surface area contributed by atoms with E-state index in [1.54, 1.807) is 12.1 Å². The fourth-order valence-electron chi connectivity index (χ4n) is 2.94. The molecule has 0 bridgehead atoms. The van der Waals surface area contributed by atoms with E-state index in [2.05, 4.69) is 10.0 Å². The van der Waals surface area contributed by atoms with Gasteiger partial charge in [-0.25, -0.2) is 13.1 Å². The standard InChI is InChI=1S/C19H21ClN2O5S/c1-11-4-3-5-16(18(11)20)21-19(24)15-10-14(6-7-17(15)27-2)28(25,26)22-12-8-13(23)9-12/h3-7,10,12-13,22-23H,8-9H2,1-2H3,(H,21,24)/t12-,13-. The number of aryl methyl sites for hydroxylation is 1. The molecule has 0 aliphatic heterocycles. The minimum atomic E-state index is -3.84. The van der Waals surface area contributed by atoms with E-state index in [1.807, 2.05) is 13.0 Å². The number of benzene rings is 2. The Morgan fingerprint density at radius 2 is 1.96 bits per heavy atom. The van der Waals surface area contributed by atoms with Gasteiger partial charge in [0.2, 0.25) is 10.0 Å². The minimum Gasteiger partial charge on any atom is -0.496 e. The molecule has 1 aliphatic rings. The molecule has 28 heavy (non-hydrogen) atoms. The minimum absolute atomic E-state index is 0.0600. The average molecular weight is 425 g/mol. The zero-order valence-corrected chi connectivity index (χ0v) is 17.0. The molecule has 2 aromatic rings. The van der Waals surface area contributed by atoms with Crippen LogP contribution in [0.2, 0.25) is 5.02 Å². The van der Waals surface area contributed by atoms with Gasteiger partial charge >= 0.3 is 0 Å². The zero-order chi connectivity index (χ0) is 20.5. The van der Waals surface area contributed by atoms with Crippen molar-refractivity contribution in [2.24, 2.45) is 0 Å². The predicted octanol–water partition coefficient (Wildman–Crippen LogP) is 2.71. The second kappa shape index (κ2) is 8.08. The lowest BCUT2D eigenvalue weighted by Crippen LogP contribution is -2.46. The molecule has 7 nitrogen and oxygen atoms in total. The largest absolute Gasteiger partial charge is 0.496 e. The lowest BCUT2D eigenvalue weighted by Gasteiger charge is -2.31. The van der Waals surface area contributed by atoms with E-state index in [-0.39, 0.29) is 22.3 Å². The quantitative estimate of drug-likeness (QED) is 0.661. The van der Waals surface area contributed by atoms with Gasteiger partial charge in [0.05, 0.1) is 34.4 Å². The first-order valence-corrected chi connectivity index (χ1v) is 10.5. The van der Waals surface area contributed by atoms with E-state index >= 15 is 0 Å². The molecule has 150 valence electrons. The summed E-state index contributed by atoms with van der Waals surface area (Å²) >= 11 is 6.22. The van der Waals surface area contributed by atoms with Crippen LogP contribution in [0.25, 0.3) is 0 Å². The van der Waals surface area contributed by atoms with Crippen LogP contribution in [0.5, 0.6) is 5.75 Å². The highest BCUT2D eigenvalue weighted by Crippen LogP contribution is 2.29. The highest BCUT2D eigenvalue weighted by molar-refractivity contribution is 7.89. The third kappa shape index (κ3) is 4.30. The number of aliphatic hydroxyl groups is 1. The molecular weight excluding hydrogens is 404 g/mol. The Hall–Kier alpha value is -2.13. The van der Waals surface area contributed by atoms with Gasteiger partial charge in [-0.1, -0.05) is 23.7 Å². The molecule has 0 radical (unpaired) electrons. The number of amides is 1. The van der Waals surface area contributed by atoms with Crippen molar-refractivity contribution < 1.29 is 23.1 Å². The predicted molar refractivity (Wildman–Crippen MR) is 106 cm³/mol. The second-order valence-electron chi connectivity index (χ2n) is 6.70. The molecule has 1 amide bonds. The summed E-state index contributed by atoms with van der Waals surface area (Å²) in [5, 5.41) is 12.4. The number of carbonyl (C=O) groups excluding carboxylic acids is 1. The van der Waals surface area contributed by atoms with Gasteiger partial charge in [-0.15, -0.1) is 0 Å². The molecule has 0 saturated heterocycles. The summed E-state index contributed by atoms with van der Waals surface area (Å²) in [5.74, 6) is -0.306. The summed E-state index contributed by atoms with van der Waals surface area (Å²) < 4.78 is 32.9. The lowest BCUT2D eigenvalue weighted by molar-refractivity contribution is 0.0712. The summed E-state index contributed by atoms with van der Waals surface area (Å²) in [6, 6.07) is 8.97. The Morgan fingerprint density at radius 1 is 1.25 bits per heavy atom. The van der Waals surface area contributed by atoms with E-state index in [1.165, 1.54) is 25.3 Å². The van der Waals surface area contributed by atoms with Crippen LogP contribution in [0, 0.1) is 6.92 Å². The lowest BCUT2D eigenvalue weighted by atomic mass is 9.91. The summed E-state index contributed by atoms with van der Waals surface area (Å²) in [5.41, 5.74) is 1.29. The van der Waals surface area contributed by atoms with Crippen LogP contribution in [0.15, 0.2) is 41.3 Å². The fourth-order valence-corrected chi connectivity index (χ4v) is 4.40. The molecule has 2 aromatic carbocycles. The van der Waals surface area contributed by atoms with Crippen LogP contribution in [-0.4, -0.2) is 38.7 Å². The summed E-state index contributed by atoms with van der Waals surface area (Å²) in [7, 11) is -2.44. The monoisotopic (exact) mass is 424 g/mol. The van der Waals surface area contributed by atoms with Crippen LogP contribution in [0.4, 0.5) is 5.69 Å². The molecule has 0 spiro atoms. The average Bonchev–Trinajstić information content (AvgIpc) is 2.63. The van der Waals surface area contributed by atoms with Gasteiger partial charge in [0.15, 0.2) is 0 Å². The number of methoxy groups -OCH3 is 1. The third-order valence-electron chi connectivity index (χ3n) is 4.60. The Balaban J connectivity index is 1.88. The van der Waals surface area contributed by atoms with Gasteiger partial charge in [0.25, 0.3) is 5.91 Å². The third-order valence-corrected chi connectivity index (χ3v) is 6.62. The Kier molecular flexibility index (Phi) is 5.95. The summed E-state index contributed by atoms with van der Waals surface area (Å²) in [6.07, 6.45) is 0.257. The number of sulfonamides is 1. The zero-order valence-electron chi connectivity index (χ0n) is 15.4. The SMILES string of the molecule is COc1ccc(S(=O)(=O)N[C@H]2C[C@H](O)C2)cc1C(=O)Nc1cccc(C)c1Cl. The molecule has 0 aromatic heterocycles. The van der Waals surface area contributed by atoms with E-state index < -0.39 is 22.0 Å². The van der Waals surface area contributed by atoms with E-state index in [0.717, 1.165) is 5.56 Å². The van der Waals surface area contributed by atoms with Gasteiger partial charge in [0.1, 0.15) is 5.75 Å². The van der Waals surface area contributed by atoms with E-state index in [4.69, 9.17) is 16.3 Å². The highest BCUT2D eigenvalue weighted by atomic mass is 35.5. The van der Waals surface area contributed by atoms with Gasteiger partial charge in [-0.3, -0.25) is 4.79 Å². The van der Waals surface area contributed by atoms with Crippen LogP contribution >= 0.6 is 11.6 Å². The number of nitrogens with one attached hydrogen (secondary N) is 2. The topological polar surface area (TPSA) is 105 Å². The number of hydrogen-bond acceptors (Lipinski definition) is 5. The number of halogens is 1. The van der Waals surface area contributed by atoms with Crippen molar-refractivity contribution in [1.82, 2.24) is 4.72 Å². The molecule has 0 unspecified atom stereocenters. The molecule has 0 heterocycles. The molecule has 3 N–H and O–H groups in total. The van der Waals surface area contributed by atoms with Crippen LogP contribution < -0.4 is 14.8 Å². The number of ether oxygens (including phenoxy) is 1. The van der Waals surface area contributed by atoms with Gasteiger partial charge in [-0.2, -0.15) is 0 Å². The van der Waals surface area contributed by atoms with Gasteiger partial charge in [-0.05, 0) is 49.6 Å². The van der Waals surface area contributed by atoms with Crippen molar-refractivity contribution in [1.29, 1.82) is 0 Å². The van der Waals surface area contributed by atoms with Gasteiger partial charge in [0, 0.05) is 6.04 Å². The first-order chi connectivity index (χ1) is 13.2. The highest BCUT2D eigenvalue weighted by Gasteiger charge is 2.31. The molecule has 1 saturated carbocycles. The first kappa shape index (κ1) is 20.6. The fraction of sp³-hybridized carbons (Fsp3) is 0.316. The Bertz CT molecular complexity index is 1000. The van der Waals surface area contributed by atoms with Crippen molar-refractivity contribution in [2.45, 2.75) is 36.8 Å². The van der Waals surface area contributed by atoms with Crippen LogP contribution in [0.1, 0.15) is 28.8 Å². The summed E-state index contributed by atoms with van der Waals surface area (Å²) in [6.45, 7) is 1.81. The van der Waals surface area contributed by atoms with Crippen molar-refractivity contribution in [3.8, 4) is 5.75 Å². The van der Waals surface area contributed by atoms with Crippen molar-refractivity contribution in [3.63, 3.8) is 0 Å². The molecule has 3 rings (SSSR count). The van der Waals surface area contributed by atoms with Crippen LogP contribution in [-0.2, 0) is 10.0 Å². The Morgan fingerprint density at radius 3 is 2.61 bits per heavy atom. The maximum atomic E-state index is 12.8. The Labute approximate surface area is 168 Å². The first-order valence-electron chi connectivity index (χ1n) is 8.66. The normalized spacial score (nSPS) is 19.0. The number of aliphatic hydroxyl groups excluding tert-OH is 1. The number of hydrogen-bond donors (Lipinski definition) is 3. The maximum Gasteiger partial charge on any atom is 0.259 e. The molecule has 9 heteroatoms. The molecule has 1 aliphatic carbocycles. The van der Waals surface area contributed by atoms with Crippen molar-refractivity contribution in [2.75, 3.05) is 12.4 Å². The second-order valence-corrected chi connectivity index (χ2v) is 8.79. The van der Waals surface area contributed by atoms with Crippen molar-refractivity contribution >= 4 is 33.2 Å². The maximum absolute atomic E-state index is 12.8. The number of anilines is 1. The van der Waals surface area contributed by atoms with Crippen molar-refractivity contribution in [3.05, 3.63) is 52.5 Å². The van der Waals surface area contributed by atoms with E-state index in [9.17, 15) is 18.3 Å². The smallest absolute Gasteiger partial charge is 0.259 e. The number of carbonyl (C=O) groups is 1. The van der Waals surface area contributed by atoms with Crippen LogP contribution in [0.3, 0.4) is 0 Å². The number of rotatable bonds is 6. The molecule has 0 atom stereocenters.